The Balaban J connectivity index is 2.15. The fourth-order valence-electron chi connectivity index (χ4n) is 2.27. The van der Waals surface area contributed by atoms with Crippen molar-refractivity contribution in [2.75, 3.05) is 0 Å². The van der Waals surface area contributed by atoms with Crippen LogP contribution in [0.1, 0.15) is 30.0 Å². The summed E-state index contributed by atoms with van der Waals surface area (Å²) >= 11 is 0. The molecule has 0 aromatic heterocycles. The number of halogens is 3. The van der Waals surface area contributed by atoms with E-state index in [1.165, 1.54) is 17.7 Å². The minimum atomic E-state index is -4.30. The monoisotopic (exact) mass is 290 g/mol. The molecule has 0 aliphatic heterocycles. The summed E-state index contributed by atoms with van der Waals surface area (Å²) in [6.45, 7) is 1.86. The molecule has 0 nitrogen and oxygen atoms in total. The Morgan fingerprint density at radius 1 is 1.00 bits per heavy atom. The number of alkyl halides is 3. The van der Waals surface area contributed by atoms with Crippen molar-refractivity contribution < 1.29 is 13.2 Å². The fraction of sp³-hybridized carbons (Fsp3) is 0.222. The van der Waals surface area contributed by atoms with Crippen LogP contribution in [0.3, 0.4) is 0 Å². The Morgan fingerprint density at radius 3 is 2.33 bits per heavy atom. The highest BCUT2D eigenvalue weighted by Crippen LogP contribution is 2.31. The van der Waals surface area contributed by atoms with Crippen LogP contribution in [0.5, 0.6) is 0 Å². The van der Waals surface area contributed by atoms with Crippen molar-refractivity contribution in [3.05, 3.63) is 77.4 Å². The van der Waals surface area contributed by atoms with Crippen molar-refractivity contribution in [3.8, 4) is 0 Å². The maximum Gasteiger partial charge on any atom is 0.416 e. The van der Waals surface area contributed by atoms with Gasteiger partial charge in [0.25, 0.3) is 0 Å². The molecule has 0 spiro atoms. The third kappa shape index (κ3) is 4.22. The molecular formula is C18H17F3. The molecule has 110 valence electrons. The molecule has 0 heterocycles. The van der Waals surface area contributed by atoms with Gasteiger partial charge in [0.2, 0.25) is 0 Å². The van der Waals surface area contributed by atoms with Crippen LogP contribution in [0.2, 0.25) is 0 Å². The number of allylic oxidation sites excluding steroid dienone is 2. The Hall–Kier alpha value is -2.03. The average molecular weight is 290 g/mol. The zero-order chi connectivity index (χ0) is 15.3. The first-order valence-corrected chi connectivity index (χ1v) is 6.87. The van der Waals surface area contributed by atoms with Crippen molar-refractivity contribution in [3.63, 3.8) is 0 Å². The second-order valence-electron chi connectivity index (χ2n) is 4.88. The lowest BCUT2D eigenvalue weighted by Crippen LogP contribution is -2.05. The Labute approximate surface area is 122 Å². The van der Waals surface area contributed by atoms with Gasteiger partial charge in [0, 0.05) is 0 Å². The summed E-state index contributed by atoms with van der Waals surface area (Å²) in [6, 6.07) is 15.5. The van der Waals surface area contributed by atoms with E-state index in [1.54, 1.807) is 6.07 Å². The van der Waals surface area contributed by atoms with Crippen molar-refractivity contribution in [2.45, 2.75) is 25.9 Å². The largest absolute Gasteiger partial charge is 0.416 e. The van der Waals surface area contributed by atoms with Gasteiger partial charge in [0.1, 0.15) is 0 Å². The molecule has 0 atom stereocenters. The first-order valence-electron chi connectivity index (χ1n) is 6.87. The topological polar surface area (TPSA) is 0 Å². The normalized spacial score (nSPS) is 12.5. The van der Waals surface area contributed by atoms with Crippen molar-refractivity contribution in [1.82, 2.24) is 0 Å². The molecule has 0 aliphatic carbocycles. The van der Waals surface area contributed by atoms with E-state index in [0.717, 1.165) is 24.5 Å². The van der Waals surface area contributed by atoms with Gasteiger partial charge < -0.3 is 0 Å². The fourth-order valence-corrected chi connectivity index (χ4v) is 2.27. The van der Waals surface area contributed by atoms with Gasteiger partial charge in [-0.15, -0.1) is 0 Å². The van der Waals surface area contributed by atoms with E-state index in [9.17, 15) is 13.2 Å². The van der Waals surface area contributed by atoms with Crippen LogP contribution < -0.4 is 0 Å². The van der Waals surface area contributed by atoms with E-state index in [4.69, 9.17) is 0 Å². The summed E-state index contributed by atoms with van der Waals surface area (Å²) in [5.41, 5.74) is 2.16. The maximum absolute atomic E-state index is 12.8. The van der Waals surface area contributed by atoms with Gasteiger partial charge in [-0.25, -0.2) is 0 Å². The van der Waals surface area contributed by atoms with Gasteiger partial charge in [-0.2, -0.15) is 13.2 Å². The van der Waals surface area contributed by atoms with E-state index in [1.807, 2.05) is 43.3 Å². The van der Waals surface area contributed by atoms with Crippen LogP contribution in [-0.4, -0.2) is 0 Å². The van der Waals surface area contributed by atoms with E-state index >= 15 is 0 Å². The molecular weight excluding hydrogens is 273 g/mol. The predicted molar refractivity (Wildman–Crippen MR) is 79.9 cm³/mol. The van der Waals surface area contributed by atoms with Gasteiger partial charge >= 0.3 is 6.18 Å². The summed E-state index contributed by atoms with van der Waals surface area (Å²) in [5, 5.41) is 0. The lowest BCUT2D eigenvalue weighted by Gasteiger charge is -2.11. The summed E-state index contributed by atoms with van der Waals surface area (Å²) in [4.78, 5) is 0. The molecule has 0 saturated carbocycles. The van der Waals surface area contributed by atoms with Gasteiger partial charge in [0.05, 0.1) is 5.56 Å². The van der Waals surface area contributed by atoms with Gasteiger partial charge in [-0.3, -0.25) is 0 Å². The number of hydrogen-bond acceptors (Lipinski definition) is 0. The minimum absolute atomic E-state index is 0.598. The van der Waals surface area contributed by atoms with Crippen LogP contribution in [-0.2, 0) is 12.6 Å². The molecule has 0 unspecified atom stereocenters. The molecule has 2 aromatic rings. The number of rotatable bonds is 4. The standard InChI is InChI=1S/C18H17F3/c1-2-15(12-11-14-7-4-3-5-8-14)16-9-6-10-17(13-16)18(19,20)21/h2-10,13H,11-12H2,1H3. The van der Waals surface area contributed by atoms with E-state index in [-0.39, 0.29) is 0 Å². The lowest BCUT2D eigenvalue weighted by atomic mass is 9.97. The van der Waals surface area contributed by atoms with Crippen molar-refractivity contribution in [2.24, 2.45) is 0 Å². The van der Waals surface area contributed by atoms with Crippen LogP contribution in [0, 0.1) is 0 Å². The highest BCUT2D eigenvalue weighted by molar-refractivity contribution is 5.66. The third-order valence-corrected chi connectivity index (χ3v) is 3.43. The molecule has 0 N–H and O–H groups in total. The quantitative estimate of drug-likeness (QED) is 0.673. The molecule has 21 heavy (non-hydrogen) atoms. The zero-order valence-electron chi connectivity index (χ0n) is 11.8. The summed E-state index contributed by atoms with van der Waals surface area (Å²) < 4.78 is 38.3. The first kappa shape index (κ1) is 15.4. The second kappa shape index (κ2) is 6.61. The van der Waals surface area contributed by atoms with Crippen molar-refractivity contribution in [1.29, 1.82) is 0 Å². The lowest BCUT2D eigenvalue weighted by molar-refractivity contribution is -0.137. The van der Waals surface area contributed by atoms with E-state index in [0.29, 0.717) is 5.56 Å². The second-order valence-corrected chi connectivity index (χ2v) is 4.88. The molecule has 0 aliphatic rings. The maximum atomic E-state index is 12.8. The van der Waals surface area contributed by atoms with Gasteiger partial charge in [-0.05, 0) is 48.6 Å². The Morgan fingerprint density at radius 2 is 1.71 bits per heavy atom. The summed E-state index contributed by atoms with van der Waals surface area (Å²) in [7, 11) is 0. The Bertz CT molecular complexity index is 610. The summed E-state index contributed by atoms with van der Waals surface area (Å²) in [6.07, 6.45) is -0.870. The Kier molecular flexibility index (Phi) is 4.84. The number of hydrogen-bond donors (Lipinski definition) is 0. The van der Waals surface area contributed by atoms with Crippen molar-refractivity contribution >= 4 is 5.57 Å². The molecule has 0 fully saturated rings. The molecule has 0 saturated heterocycles. The first-order chi connectivity index (χ1) is 10.0. The highest BCUT2D eigenvalue weighted by Gasteiger charge is 2.30. The third-order valence-electron chi connectivity index (χ3n) is 3.43. The van der Waals surface area contributed by atoms with Crippen LogP contribution >= 0.6 is 0 Å². The zero-order valence-corrected chi connectivity index (χ0v) is 11.8. The summed E-state index contributed by atoms with van der Waals surface area (Å²) in [5.74, 6) is 0. The predicted octanol–water partition coefficient (Wildman–Crippen LogP) is 5.74. The molecule has 0 amide bonds. The highest BCUT2D eigenvalue weighted by atomic mass is 19.4. The van der Waals surface area contributed by atoms with Crippen LogP contribution in [0.4, 0.5) is 13.2 Å². The van der Waals surface area contributed by atoms with E-state index in [2.05, 4.69) is 0 Å². The molecule has 3 heteroatoms. The SMILES string of the molecule is CC=C(CCc1ccccc1)c1cccc(C(F)(F)F)c1. The van der Waals surface area contributed by atoms with Gasteiger partial charge in [0.15, 0.2) is 0 Å². The van der Waals surface area contributed by atoms with Crippen LogP contribution in [0.25, 0.3) is 5.57 Å². The number of benzene rings is 2. The minimum Gasteiger partial charge on any atom is -0.166 e. The molecule has 2 aromatic carbocycles. The van der Waals surface area contributed by atoms with E-state index < -0.39 is 11.7 Å². The molecule has 2 rings (SSSR count). The average Bonchev–Trinajstić information content (AvgIpc) is 2.48. The number of aryl methyl sites for hydroxylation is 1. The smallest absolute Gasteiger partial charge is 0.166 e. The molecule has 0 bridgehead atoms. The molecule has 0 radical (unpaired) electrons. The van der Waals surface area contributed by atoms with Gasteiger partial charge in [-0.1, -0.05) is 48.5 Å². The van der Waals surface area contributed by atoms with Crippen LogP contribution in [0.15, 0.2) is 60.7 Å².